The topological polar surface area (TPSA) is 149 Å². The first-order valence-electron chi connectivity index (χ1n) is 16.2. The minimum atomic E-state index is -2.26. The van der Waals surface area contributed by atoms with Gasteiger partial charge in [-0.2, -0.15) is 0 Å². The zero-order valence-corrected chi connectivity index (χ0v) is 26.9. The molecule has 0 aromatic heterocycles. The quantitative estimate of drug-likeness (QED) is 0.276. The maximum Gasteiger partial charge on any atom is 0.349 e. The number of hydrogen-bond donors (Lipinski definition) is 2. The number of carbonyl (C=O) groups excluding carboxylic acids is 2. The highest BCUT2D eigenvalue weighted by Gasteiger charge is 2.41. The lowest BCUT2D eigenvalue weighted by Gasteiger charge is -2.45. The van der Waals surface area contributed by atoms with E-state index < -0.39 is 36.1 Å². The molecule has 5 atom stereocenters. The summed E-state index contributed by atoms with van der Waals surface area (Å²) in [6.07, 6.45) is 0.596. The Balaban J connectivity index is 1.05. The monoisotopic (exact) mass is 657 g/mol. The van der Waals surface area contributed by atoms with Gasteiger partial charge in [0.05, 0.1) is 11.1 Å². The third-order valence-corrected chi connectivity index (χ3v) is 9.50. The van der Waals surface area contributed by atoms with Crippen LogP contribution in [0.25, 0.3) is 0 Å². The fraction of sp³-hybridized carbons (Fsp3) is 0.405. The molecule has 2 N–H and O–H groups in total. The Kier molecular flexibility index (Phi) is 9.68. The van der Waals surface area contributed by atoms with Crippen LogP contribution in [0, 0.1) is 18.8 Å². The van der Waals surface area contributed by atoms with Crippen molar-refractivity contribution in [3.63, 3.8) is 0 Å². The number of rotatable bonds is 11. The highest BCUT2D eigenvalue weighted by atomic mass is 16.7. The van der Waals surface area contributed by atoms with Crippen LogP contribution in [0.3, 0.4) is 0 Å². The van der Waals surface area contributed by atoms with E-state index in [9.17, 15) is 29.4 Å². The number of hydrogen-bond acceptors (Lipinski definition) is 9. The van der Waals surface area contributed by atoms with Crippen LogP contribution in [-0.4, -0.2) is 77.1 Å². The normalized spacial score (nSPS) is 20.0. The second-order valence-corrected chi connectivity index (χ2v) is 13.0. The smallest absolute Gasteiger partial charge is 0.349 e. The molecule has 2 aliphatic heterocycles. The average molecular weight is 658 g/mol. The molecule has 1 fully saturated rings. The SMILES string of the molecule is Cc1ccc(C(=O)O[C@@H](C(=O)O)[C@@H](OC(=O)c2ccc(CC(C)CN3CCC[C@@H]4Cc5c(ccc6c5OCO6)C[C@H]43)cc2)C(=O)O)cc1. The number of carboxylic acids is 2. The number of esters is 2. The van der Waals surface area contributed by atoms with Crippen LogP contribution < -0.4 is 9.47 Å². The van der Waals surface area contributed by atoms with Crippen molar-refractivity contribution < 1.29 is 48.3 Å². The number of benzene rings is 3. The summed E-state index contributed by atoms with van der Waals surface area (Å²) < 4.78 is 21.5. The van der Waals surface area contributed by atoms with Crippen LogP contribution >= 0.6 is 0 Å². The number of fused-ring (bicyclic) bond motifs is 4. The maximum atomic E-state index is 12.9. The van der Waals surface area contributed by atoms with Gasteiger partial charge in [-0.05, 0) is 98.9 Å². The van der Waals surface area contributed by atoms with Gasteiger partial charge >= 0.3 is 23.9 Å². The van der Waals surface area contributed by atoms with Crippen LogP contribution in [-0.2, 0) is 38.3 Å². The van der Waals surface area contributed by atoms with Crippen LogP contribution in [0.5, 0.6) is 11.5 Å². The number of piperidine rings is 1. The van der Waals surface area contributed by atoms with Crippen molar-refractivity contribution in [2.75, 3.05) is 19.9 Å². The van der Waals surface area contributed by atoms with E-state index in [2.05, 4.69) is 17.9 Å². The van der Waals surface area contributed by atoms with E-state index in [0.717, 1.165) is 61.4 Å². The molecule has 3 aliphatic rings. The van der Waals surface area contributed by atoms with Crippen molar-refractivity contribution in [3.05, 3.63) is 94.0 Å². The van der Waals surface area contributed by atoms with Gasteiger partial charge in [0.2, 0.25) is 19.0 Å². The standard InChI is InChI=1S/C37H39NO10/c1-21-5-9-24(10-6-21)36(43)47-32(34(39)40)33(35(41)42)48-37(44)25-11-7-23(8-12-25)16-22(2)19-38-15-3-4-27-17-28-26(18-29(27)38)13-14-30-31(28)46-20-45-30/h5-14,22,27,29,32-33H,3-4,15-20H2,1-2H3,(H,39,40)(H,41,42)/t22?,27-,29-,32-,33-/m1/s1. The lowest BCUT2D eigenvalue weighted by Crippen LogP contribution is -2.50. The number of aryl methyl sites for hydroxylation is 1. The van der Waals surface area contributed by atoms with Gasteiger partial charge < -0.3 is 29.2 Å². The minimum absolute atomic E-state index is 0.0322. The lowest BCUT2D eigenvalue weighted by atomic mass is 9.74. The number of nitrogens with zero attached hydrogens (tertiary/aromatic N) is 1. The van der Waals surface area contributed by atoms with Crippen LogP contribution in [0.1, 0.15) is 62.7 Å². The van der Waals surface area contributed by atoms with Gasteiger partial charge in [0.15, 0.2) is 11.5 Å². The Morgan fingerprint density at radius 3 is 2.10 bits per heavy atom. The van der Waals surface area contributed by atoms with Crippen molar-refractivity contribution in [2.24, 2.45) is 11.8 Å². The van der Waals surface area contributed by atoms with E-state index in [1.165, 1.54) is 41.8 Å². The number of carboxylic acid groups (broad SMARTS) is 2. The van der Waals surface area contributed by atoms with Crippen molar-refractivity contribution in [2.45, 2.75) is 64.2 Å². The molecule has 0 saturated carbocycles. The second kappa shape index (κ2) is 14.1. The number of ether oxygens (including phenoxy) is 4. The molecule has 1 unspecified atom stereocenters. The summed E-state index contributed by atoms with van der Waals surface area (Å²) in [4.78, 5) is 51.9. The predicted molar refractivity (Wildman–Crippen MR) is 172 cm³/mol. The summed E-state index contributed by atoms with van der Waals surface area (Å²) in [5, 5.41) is 19.3. The lowest BCUT2D eigenvalue weighted by molar-refractivity contribution is -0.166. The summed E-state index contributed by atoms with van der Waals surface area (Å²) in [7, 11) is 0. The molecular weight excluding hydrogens is 618 g/mol. The summed E-state index contributed by atoms with van der Waals surface area (Å²) in [6.45, 7) is 6.29. The molecule has 0 bridgehead atoms. The van der Waals surface area contributed by atoms with E-state index in [0.29, 0.717) is 17.9 Å². The molecule has 2 heterocycles. The molecule has 0 radical (unpaired) electrons. The summed E-state index contributed by atoms with van der Waals surface area (Å²) in [5.41, 5.74) is 4.58. The van der Waals surface area contributed by atoms with Crippen LogP contribution in [0.4, 0.5) is 0 Å². The third-order valence-electron chi connectivity index (χ3n) is 9.50. The van der Waals surface area contributed by atoms with E-state index in [1.807, 2.05) is 6.07 Å². The largest absolute Gasteiger partial charge is 0.478 e. The fourth-order valence-corrected chi connectivity index (χ4v) is 7.13. The molecule has 1 aliphatic carbocycles. The number of aliphatic carboxylic acids is 2. The average Bonchev–Trinajstić information content (AvgIpc) is 3.56. The zero-order chi connectivity index (χ0) is 33.9. The van der Waals surface area contributed by atoms with Gasteiger partial charge in [-0.1, -0.05) is 42.8 Å². The van der Waals surface area contributed by atoms with Crippen molar-refractivity contribution in [1.82, 2.24) is 4.90 Å². The fourth-order valence-electron chi connectivity index (χ4n) is 7.13. The van der Waals surface area contributed by atoms with Crippen molar-refractivity contribution in [1.29, 1.82) is 0 Å². The van der Waals surface area contributed by atoms with Gasteiger partial charge in [-0.3, -0.25) is 4.90 Å². The molecule has 1 saturated heterocycles. The van der Waals surface area contributed by atoms with Crippen LogP contribution in [0.15, 0.2) is 60.7 Å². The van der Waals surface area contributed by atoms with E-state index in [1.54, 1.807) is 31.2 Å². The first-order chi connectivity index (χ1) is 23.1. The Morgan fingerprint density at radius 1 is 0.854 bits per heavy atom. The summed E-state index contributed by atoms with van der Waals surface area (Å²) in [5.74, 6) is -2.95. The van der Waals surface area contributed by atoms with Crippen molar-refractivity contribution >= 4 is 23.9 Å². The predicted octanol–water partition coefficient (Wildman–Crippen LogP) is 4.70. The molecule has 11 heteroatoms. The Hall–Kier alpha value is -4.90. The maximum absolute atomic E-state index is 12.9. The molecule has 3 aromatic carbocycles. The third kappa shape index (κ3) is 7.16. The highest BCUT2D eigenvalue weighted by molar-refractivity contribution is 5.95. The molecule has 11 nitrogen and oxygen atoms in total. The summed E-state index contributed by atoms with van der Waals surface area (Å²) in [6, 6.07) is 17.4. The van der Waals surface area contributed by atoms with Gasteiger partial charge in [0, 0.05) is 18.2 Å². The molecule has 3 aromatic rings. The molecule has 0 spiro atoms. The van der Waals surface area contributed by atoms with Crippen LogP contribution in [0.2, 0.25) is 0 Å². The molecule has 48 heavy (non-hydrogen) atoms. The van der Waals surface area contributed by atoms with E-state index >= 15 is 0 Å². The Labute approximate surface area is 278 Å². The van der Waals surface area contributed by atoms with Gasteiger partial charge in [0.1, 0.15) is 0 Å². The Morgan fingerprint density at radius 2 is 1.48 bits per heavy atom. The first kappa shape index (κ1) is 33.0. The van der Waals surface area contributed by atoms with Crippen molar-refractivity contribution in [3.8, 4) is 11.5 Å². The van der Waals surface area contributed by atoms with Gasteiger partial charge in [0.25, 0.3) is 0 Å². The molecule has 252 valence electrons. The van der Waals surface area contributed by atoms with Gasteiger partial charge in [-0.15, -0.1) is 0 Å². The molecular formula is C37H39NO10. The zero-order valence-electron chi connectivity index (χ0n) is 26.9. The molecule has 6 rings (SSSR count). The van der Waals surface area contributed by atoms with E-state index in [4.69, 9.17) is 18.9 Å². The number of carbonyl (C=O) groups is 4. The Bertz CT molecular complexity index is 1690. The second-order valence-electron chi connectivity index (χ2n) is 13.0. The molecule has 0 amide bonds. The first-order valence-corrected chi connectivity index (χ1v) is 16.2. The highest BCUT2D eigenvalue weighted by Crippen LogP contribution is 2.44. The van der Waals surface area contributed by atoms with Gasteiger partial charge in [-0.25, -0.2) is 19.2 Å². The minimum Gasteiger partial charge on any atom is -0.478 e. The summed E-state index contributed by atoms with van der Waals surface area (Å²) >= 11 is 0. The number of likely N-dealkylation sites (tertiary alicyclic amines) is 1. The van der Waals surface area contributed by atoms with E-state index in [-0.39, 0.29) is 17.9 Å².